The van der Waals surface area contributed by atoms with Crippen LogP contribution in [0, 0.1) is 0 Å². The van der Waals surface area contributed by atoms with Crippen LogP contribution in [0.15, 0.2) is 42.5 Å². The zero-order valence-electron chi connectivity index (χ0n) is 12.7. The number of carbonyl (C=O) groups is 1. The first-order valence-electron chi connectivity index (χ1n) is 7.84. The van der Waals surface area contributed by atoms with Gasteiger partial charge < -0.3 is 15.8 Å². The molecule has 2 aromatic carbocycles. The molecule has 0 saturated heterocycles. The van der Waals surface area contributed by atoms with Gasteiger partial charge in [-0.1, -0.05) is 49.2 Å². The van der Waals surface area contributed by atoms with E-state index in [4.69, 9.17) is 10.5 Å². The van der Waals surface area contributed by atoms with Gasteiger partial charge in [-0.15, -0.1) is 0 Å². The Morgan fingerprint density at radius 1 is 1.14 bits per heavy atom. The lowest BCUT2D eigenvalue weighted by Crippen LogP contribution is -2.52. The van der Waals surface area contributed by atoms with Crippen LogP contribution < -0.4 is 15.8 Å². The van der Waals surface area contributed by atoms with Crippen molar-refractivity contribution in [1.29, 1.82) is 0 Å². The van der Waals surface area contributed by atoms with Crippen molar-refractivity contribution in [2.75, 3.05) is 13.2 Å². The molecule has 1 aliphatic rings. The van der Waals surface area contributed by atoms with E-state index in [1.807, 2.05) is 42.5 Å². The Morgan fingerprint density at radius 3 is 2.64 bits per heavy atom. The summed E-state index contributed by atoms with van der Waals surface area (Å²) in [7, 11) is 0. The van der Waals surface area contributed by atoms with Crippen LogP contribution in [-0.4, -0.2) is 24.6 Å². The van der Waals surface area contributed by atoms with Gasteiger partial charge in [0.25, 0.3) is 5.91 Å². The first-order chi connectivity index (χ1) is 10.7. The number of hydrogen-bond donors (Lipinski definition) is 2. The van der Waals surface area contributed by atoms with E-state index < -0.39 is 0 Å². The summed E-state index contributed by atoms with van der Waals surface area (Å²) < 4.78 is 5.73. The largest absolute Gasteiger partial charge is 0.483 e. The summed E-state index contributed by atoms with van der Waals surface area (Å²) in [6.07, 6.45) is 4.18. The summed E-state index contributed by atoms with van der Waals surface area (Å²) in [6.45, 7) is 0.517. The lowest BCUT2D eigenvalue weighted by Gasteiger charge is -2.28. The molecule has 0 unspecified atom stereocenters. The molecule has 22 heavy (non-hydrogen) atoms. The minimum atomic E-state index is -0.223. The molecule has 116 valence electrons. The van der Waals surface area contributed by atoms with Gasteiger partial charge in [-0.05, 0) is 24.3 Å². The molecule has 1 fully saturated rings. The highest BCUT2D eigenvalue weighted by molar-refractivity contribution is 5.88. The predicted molar refractivity (Wildman–Crippen MR) is 87.8 cm³/mol. The summed E-state index contributed by atoms with van der Waals surface area (Å²) in [6, 6.07) is 13.9. The second-order valence-corrected chi connectivity index (χ2v) is 6.01. The van der Waals surface area contributed by atoms with Gasteiger partial charge in [0.2, 0.25) is 0 Å². The standard InChI is InChI=1S/C18H22N2O2/c19-13-18(10-3-4-11-18)20-17(21)12-22-16-9-5-7-14-6-1-2-8-15(14)16/h1-2,5-9H,3-4,10-13,19H2,(H,20,21). The molecule has 2 aromatic rings. The van der Waals surface area contributed by atoms with Gasteiger partial charge in [0, 0.05) is 11.9 Å². The summed E-state index contributed by atoms with van der Waals surface area (Å²) in [5.74, 6) is 0.641. The minimum absolute atomic E-state index is 0.0236. The van der Waals surface area contributed by atoms with Gasteiger partial charge in [0.15, 0.2) is 6.61 Å². The third-order valence-corrected chi connectivity index (χ3v) is 4.46. The number of fused-ring (bicyclic) bond motifs is 1. The summed E-state index contributed by atoms with van der Waals surface area (Å²) in [5.41, 5.74) is 5.62. The number of ether oxygens (including phenoxy) is 1. The zero-order valence-corrected chi connectivity index (χ0v) is 12.7. The van der Waals surface area contributed by atoms with E-state index in [1.165, 1.54) is 0 Å². The van der Waals surface area contributed by atoms with Gasteiger partial charge in [0.1, 0.15) is 5.75 Å². The Bertz CT molecular complexity index is 658. The molecular formula is C18H22N2O2. The van der Waals surface area contributed by atoms with Gasteiger partial charge in [0.05, 0.1) is 5.54 Å². The van der Waals surface area contributed by atoms with Crippen molar-refractivity contribution < 1.29 is 9.53 Å². The SMILES string of the molecule is NCC1(NC(=O)COc2cccc3ccccc23)CCCC1. The third-order valence-electron chi connectivity index (χ3n) is 4.46. The topological polar surface area (TPSA) is 64.3 Å². The number of nitrogens with one attached hydrogen (secondary N) is 1. The van der Waals surface area contributed by atoms with Crippen LogP contribution in [-0.2, 0) is 4.79 Å². The van der Waals surface area contributed by atoms with Crippen LogP contribution in [0.25, 0.3) is 10.8 Å². The quantitative estimate of drug-likeness (QED) is 0.892. The Labute approximate surface area is 130 Å². The molecule has 4 nitrogen and oxygen atoms in total. The highest BCUT2D eigenvalue weighted by Crippen LogP contribution is 2.29. The number of rotatable bonds is 5. The fraction of sp³-hybridized carbons (Fsp3) is 0.389. The molecule has 0 bridgehead atoms. The first-order valence-corrected chi connectivity index (χ1v) is 7.84. The lowest BCUT2D eigenvalue weighted by atomic mass is 9.98. The maximum absolute atomic E-state index is 12.2. The Kier molecular flexibility index (Phi) is 4.29. The normalized spacial score (nSPS) is 16.6. The van der Waals surface area contributed by atoms with E-state index in [2.05, 4.69) is 5.32 Å². The average molecular weight is 298 g/mol. The molecule has 1 aliphatic carbocycles. The van der Waals surface area contributed by atoms with Crippen molar-refractivity contribution in [3.05, 3.63) is 42.5 Å². The number of hydrogen-bond acceptors (Lipinski definition) is 3. The van der Waals surface area contributed by atoms with E-state index in [-0.39, 0.29) is 18.1 Å². The average Bonchev–Trinajstić information content (AvgIpc) is 3.02. The highest BCUT2D eigenvalue weighted by Gasteiger charge is 2.33. The molecule has 4 heteroatoms. The number of amides is 1. The maximum atomic E-state index is 12.2. The molecule has 3 rings (SSSR count). The minimum Gasteiger partial charge on any atom is -0.483 e. The van der Waals surface area contributed by atoms with Crippen molar-refractivity contribution in [2.24, 2.45) is 5.73 Å². The van der Waals surface area contributed by atoms with Crippen LogP contribution in [0.4, 0.5) is 0 Å². The monoisotopic (exact) mass is 298 g/mol. The molecule has 0 aromatic heterocycles. The fourth-order valence-electron chi connectivity index (χ4n) is 3.23. The molecule has 1 amide bonds. The first kappa shape index (κ1) is 14.9. The van der Waals surface area contributed by atoms with Crippen molar-refractivity contribution >= 4 is 16.7 Å². The molecule has 0 heterocycles. The molecule has 0 atom stereocenters. The third kappa shape index (κ3) is 3.07. The molecular weight excluding hydrogens is 276 g/mol. The predicted octanol–water partition coefficient (Wildman–Crippen LogP) is 2.61. The van der Waals surface area contributed by atoms with Crippen LogP contribution in [0.1, 0.15) is 25.7 Å². The summed E-state index contributed by atoms with van der Waals surface area (Å²) in [4.78, 5) is 12.2. The van der Waals surface area contributed by atoms with Gasteiger partial charge >= 0.3 is 0 Å². The van der Waals surface area contributed by atoms with Crippen LogP contribution in [0.3, 0.4) is 0 Å². The maximum Gasteiger partial charge on any atom is 0.258 e. The number of benzene rings is 2. The van der Waals surface area contributed by atoms with Crippen molar-refractivity contribution in [3.8, 4) is 5.75 Å². The Hall–Kier alpha value is -2.07. The number of carbonyl (C=O) groups excluding carboxylic acids is 1. The smallest absolute Gasteiger partial charge is 0.258 e. The van der Waals surface area contributed by atoms with Gasteiger partial charge in [-0.25, -0.2) is 0 Å². The second kappa shape index (κ2) is 6.36. The molecule has 0 radical (unpaired) electrons. The van der Waals surface area contributed by atoms with Crippen LogP contribution in [0.2, 0.25) is 0 Å². The lowest BCUT2D eigenvalue weighted by molar-refractivity contribution is -0.124. The van der Waals surface area contributed by atoms with E-state index >= 15 is 0 Å². The molecule has 1 saturated carbocycles. The van der Waals surface area contributed by atoms with Gasteiger partial charge in [-0.2, -0.15) is 0 Å². The molecule has 0 spiro atoms. The van der Waals surface area contributed by atoms with E-state index in [0.29, 0.717) is 6.54 Å². The van der Waals surface area contributed by atoms with Crippen molar-refractivity contribution in [2.45, 2.75) is 31.2 Å². The second-order valence-electron chi connectivity index (χ2n) is 6.01. The Balaban J connectivity index is 1.65. The zero-order chi connectivity index (χ0) is 15.4. The number of nitrogens with two attached hydrogens (primary N) is 1. The van der Waals surface area contributed by atoms with Crippen molar-refractivity contribution in [3.63, 3.8) is 0 Å². The van der Waals surface area contributed by atoms with Crippen LogP contribution in [0.5, 0.6) is 5.75 Å². The summed E-state index contributed by atoms with van der Waals surface area (Å²) >= 11 is 0. The van der Waals surface area contributed by atoms with E-state index in [0.717, 1.165) is 42.2 Å². The highest BCUT2D eigenvalue weighted by atomic mass is 16.5. The molecule has 3 N–H and O–H groups in total. The Morgan fingerprint density at radius 2 is 1.86 bits per heavy atom. The fourth-order valence-corrected chi connectivity index (χ4v) is 3.23. The van der Waals surface area contributed by atoms with E-state index in [9.17, 15) is 4.79 Å². The van der Waals surface area contributed by atoms with Crippen molar-refractivity contribution in [1.82, 2.24) is 5.32 Å². The van der Waals surface area contributed by atoms with Gasteiger partial charge in [-0.3, -0.25) is 4.79 Å². The van der Waals surface area contributed by atoms with E-state index in [1.54, 1.807) is 0 Å². The summed E-state index contributed by atoms with van der Waals surface area (Å²) in [5, 5.41) is 5.20. The van der Waals surface area contributed by atoms with Crippen LogP contribution >= 0.6 is 0 Å². The molecule has 0 aliphatic heterocycles.